The molecule has 1 amide bonds. The summed E-state index contributed by atoms with van der Waals surface area (Å²) in [4.78, 5) is 12.9. The molecule has 8 nitrogen and oxygen atoms in total. The van der Waals surface area contributed by atoms with Gasteiger partial charge in [-0.1, -0.05) is 30.3 Å². The number of anilines is 1. The largest absolute Gasteiger partial charge is 0.504 e. The van der Waals surface area contributed by atoms with Crippen LogP contribution in [0.1, 0.15) is 29.8 Å². The number of hydrogen-bond acceptors (Lipinski definition) is 6. The van der Waals surface area contributed by atoms with Crippen molar-refractivity contribution in [3.05, 3.63) is 59.4 Å². The first-order valence-corrected chi connectivity index (χ1v) is 8.59. The number of aromatic hydroxyl groups is 1. The van der Waals surface area contributed by atoms with E-state index in [9.17, 15) is 9.90 Å². The summed E-state index contributed by atoms with van der Waals surface area (Å²) in [5.41, 5.74) is 2.70. The minimum Gasteiger partial charge on any atom is -0.504 e. The average Bonchev–Trinajstić information content (AvgIpc) is 3.22. The van der Waals surface area contributed by atoms with E-state index in [1.54, 1.807) is 12.1 Å². The zero-order chi connectivity index (χ0) is 19.2. The van der Waals surface area contributed by atoms with E-state index in [4.69, 9.17) is 4.74 Å². The number of benzene rings is 2. The fourth-order valence-electron chi connectivity index (χ4n) is 2.76. The summed E-state index contributed by atoms with van der Waals surface area (Å²) in [6, 6.07) is 12.6. The lowest BCUT2D eigenvalue weighted by Gasteiger charge is -2.15. The molecule has 0 radical (unpaired) electrons. The lowest BCUT2D eigenvalue weighted by molar-refractivity contribution is -0.117. The Bertz CT molecular complexity index is 894. The molecule has 1 atom stereocenters. The van der Waals surface area contributed by atoms with Crippen LogP contribution in [0.4, 0.5) is 5.69 Å². The van der Waals surface area contributed by atoms with Crippen LogP contribution in [0, 0.1) is 0 Å². The minimum atomic E-state index is -0.649. The highest BCUT2D eigenvalue weighted by atomic mass is 16.5. The third kappa shape index (κ3) is 4.41. The first-order valence-electron chi connectivity index (χ1n) is 8.59. The average molecular weight is 367 g/mol. The van der Waals surface area contributed by atoms with Crippen LogP contribution in [0.15, 0.2) is 42.5 Å². The van der Waals surface area contributed by atoms with Gasteiger partial charge in [0, 0.05) is 5.69 Å². The molecule has 0 saturated carbocycles. The Labute approximate surface area is 156 Å². The third-order valence-corrected chi connectivity index (χ3v) is 4.30. The van der Waals surface area contributed by atoms with Gasteiger partial charge >= 0.3 is 0 Å². The van der Waals surface area contributed by atoms with E-state index in [1.165, 1.54) is 18.7 Å². The summed E-state index contributed by atoms with van der Waals surface area (Å²) >= 11 is 0. The van der Waals surface area contributed by atoms with Crippen LogP contribution in [0.3, 0.4) is 0 Å². The van der Waals surface area contributed by atoms with Crippen LogP contribution in [-0.2, 0) is 17.6 Å². The molecule has 0 spiro atoms. The Kier molecular flexibility index (Phi) is 5.65. The summed E-state index contributed by atoms with van der Waals surface area (Å²) in [6.07, 6.45) is 1.26. The van der Waals surface area contributed by atoms with Gasteiger partial charge < -0.3 is 15.2 Å². The number of methoxy groups -OCH3 is 1. The normalized spacial score (nSPS) is 11.8. The quantitative estimate of drug-likeness (QED) is 0.591. The minimum absolute atomic E-state index is 0.0397. The topological polar surface area (TPSA) is 113 Å². The lowest BCUT2D eigenvalue weighted by atomic mass is 9.97. The van der Waals surface area contributed by atoms with E-state index < -0.39 is 5.92 Å². The van der Waals surface area contributed by atoms with Crippen molar-refractivity contribution < 1.29 is 14.6 Å². The summed E-state index contributed by atoms with van der Waals surface area (Å²) in [6.45, 7) is 2.08. The number of carbonyl (C=O) groups is 1. The number of aromatic amines is 1. The molecule has 0 aliphatic heterocycles. The monoisotopic (exact) mass is 367 g/mol. The molecular formula is C19H21N5O3. The molecule has 2 aromatic carbocycles. The maximum Gasteiger partial charge on any atom is 0.235 e. The fraction of sp³-hybridized carbons (Fsp3) is 0.263. The maximum atomic E-state index is 12.9. The molecule has 3 N–H and O–H groups in total. The lowest BCUT2D eigenvalue weighted by Crippen LogP contribution is -2.24. The molecule has 0 fully saturated rings. The molecule has 27 heavy (non-hydrogen) atoms. The van der Waals surface area contributed by atoms with Gasteiger partial charge in [-0.3, -0.25) is 4.79 Å². The van der Waals surface area contributed by atoms with Crippen molar-refractivity contribution in [3.8, 4) is 11.5 Å². The molecule has 140 valence electrons. The molecule has 0 aliphatic carbocycles. The highest BCUT2D eigenvalue weighted by molar-refractivity contribution is 5.95. The standard InChI is InChI=1S/C19H21N5O3/c1-3-12-4-7-14(8-5-12)20-19(26)15(18-21-23-24-22-18)10-13-6-9-16(25)17(11-13)27-2/h4-9,11,15,25H,3,10H2,1-2H3,(H,20,26)(H,21,22,23,24)/t15-/m1/s1. The van der Waals surface area contributed by atoms with Gasteiger partial charge in [0.2, 0.25) is 5.91 Å². The Balaban J connectivity index is 1.81. The summed E-state index contributed by atoms with van der Waals surface area (Å²) < 4.78 is 5.14. The van der Waals surface area contributed by atoms with Crippen LogP contribution < -0.4 is 10.1 Å². The summed E-state index contributed by atoms with van der Waals surface area (Å²) in [5.74, 6) is -0.214. The smallest absolute Gasteiger partial charge is 0.235 e. The molecule has 1 aromatic heterocycles. The zero-order valence-electron chi connectivity index (χ0n) is 15.1. The molecule has 0 aliphatic rings. The summed E-state index contributed by atoms with van der Waals surface area (Å²) in [7, 11) is 1.47. The number of phenols is 1. The number of phenolic OH excluding ortho intramolecular Hbond substituents is 1. The van der Waals surface area contributed by atoms with Crippen LogP contribution in [-0.4, -0.2) is 38.7 Å². The Morgan fingerprint density at radius 2 is 1.96 bits per heavy atom. The molecule has 0 unspecified atom stereocenters. The summed E-state index contributed by atoms with van der Waals surface area (Å²) in [5, 5.41) is 26.6. The SMILES string of the molecule is CCc1ccc(NC(=O)[C@H](Cc2ccc(O)c(OC)c2)c2nn[nH]n2)cc1. The maximum absolute atomic E-state index is 12.9. The van der Waals surface area contributed by atoms with Crippen molar-refractivity contribution in [2.24, 2.45) is 0 Å². The number of aryl methyl sites for hydroxylation is 1. The number of ether oxygens (including phenoxy) is 1. The number of tetrazole rings is 1. The van der Waals surface area contributed by atoms with Crippen molar-refractivity contribution in [2.45, 2.75) is 25.7 Å². The Morgan fingerprint density at radius 3 is 2.59 bits per heavy atom. The number of nitrogens with one attached hydrogen (secondary N) is 2. The van der Waals surface area contributed by atoms with Crippen LogP contribution in [0.25, 0.3) is 0 Å². The Hall–Kier alpha value is -3.42. The van der Waals surface area contributed by atoms with E-state index in [2.05, 4.69) is 32.9 Å². The van der Waals surface area contributed by atoms with Gasteiger partial charge in [-0.25, -0.2) is 0 Å². The number of carbonyl (C=O) groups excluding carboxylic acids is 1. The van der Waals surface area contributed by atoms with Crippen molar-refractivity contribution in [2.75, 3.05) is 12.4 Å². The molecule has 3 aromatic rings. The van der Waals surface area contributed by atoms with Crippen molar-refractivity contribution >= 4 is 11.6 Å². The molecule has 0 saturated heterocycles. The van der Waals surface area contributed by atoms with Crippen LogP contribution in [0.5, 0.6) is 11.5 Å². The number of hydrogen-bond donors (Lipinski definition) is 3. The number of aromatic nitrogens is 4. The van der Waals surface area contributed by atoms with E-state index in [-0.39, 0.29) is 11.7 Å². The molecule has 3 rings (SSSR count). The number of amides is 1. The first-order chi connectivity index (χ1) is 13.1. The van der Waals surface area contributed by atoms with Gasteiger partial charge in [0.25, 0.3) is 0 Å². The van der Waals surface area contributed by atoms with Gasteiger partial charge in [0.05, 0.1) is 7.11 Å². The number of H-pyrrole nitrogens is 1. The molecule has 1 heterocycles. The zero-order valence-corrected chi connectivity index (χ0v) is 15.1. The van der Waals surface area contributed by atoms with Gasteiger partial charge in [-0.15, -0.1) is 10.2 Å². The number of rotatable bonds is 7. The highest BCUT2D eigenvalue weighted by Crippen LogP contribution is 2.29. The molecule has 0 bridgehead atoms. The molecular weight excluding hydrogens is 346 g/mol. The van der Waals surface area contributed by atoms with Crippen LogP contribution in [0.2, 0.25) is 0 Å². The second-order valence-corrected chi connectivity index (χ2v) is 6.07. The van der Waals surface area contributed by atoms with Crippen molar-refractivity contribution in [3.63, 3.8) is 0 Å². The Morgan fingerprint density at radius 1 is 1.22 bits per heavy atom. The van der Waals surface area contributed by atoms with E-state index in [0.717, 1.165) is 12.0 Å². The second-order valence-electron chi connectivity index (χ2n) is 6.07. The van der Waals surface area contributed by atoms with E-state index in [0.29, 0.717) is 23.7 Å². The predicted octanol–water partition coefficient (Wildman–Crippen LogP) is 2.44. The predicted molar refractivity (Wildman–Crippen MR) is 99.7 cm³/mol. The van der Waals surface area contributed by atoms with Crippen LogP contribution >= 0.6 is 0 Å². The fourth-order valence-corrected chi connectivity index (χ4v) is 2.76. The van der Waals surface area contributed by atoms with Gasteiger partial charge in [0.15, 0.2) is 17.3 Å². The third-order valence-electron chi connectivity index (χ3n) is 4.30. The van der Waals surface area contributed by atoms with Crippen molar-refractivity contribution in [1.29, 1.82) is 0 Å². The van der Waals surface area contributed by atoms with E-state index in [1.807, 2.05) is 24.3 Å². The van der Waals surface area contributed by atoms with Crippen molar-refractivity contribution in [1.82, 2.24) is 20.6 Å². The van der Waals surface area contributed by atoms with E-state index >= 15 is 0 Å². The number of nitrogens with zero attached hydrogens (tertiary/aromatic N) is 3. The highest BCUT2D eigenvalue weighted by Gasteiger charge is 2.26. The van der Waals surface area contributed by atoms with Gasteiger partial charge in [0.1, 0.15) is 5.92 Å². The van der Waals surface area contributed by atoms with Gasteiger partial charge in [-0.2, -0.15) is 5.21 Å². The second kappa shape index (κ2) is 8.31. The van der Waals surface area contributed by atoms with Gasteiger partial charge in [-0.05, 0) is 48.2 Å². The molecule has 8 heteroatoms. The first kappa shape index (κ1) is 18.4.